The first-order valence-corrected chi connectivity index (χ1v) is 9.69. The Kier molecular flexibility index (Phi) is 3.19. The van der Waals surface area contributed by atoms with Crippen molar-refractivity contribution in [2.45, 2.75) is 0 Å². The molecule has 0 saturated heterocycles. The Morgan fingerprint density at radius 3 is 1.60 bits per heavy atom. The van der Waals surface area contributed by atoms with E-state index < -0.39 is 17.8 Å². The average Bonchev–Trinajstić information content (AvgIpc) is 3.34. The number of para-hydroxylation sites is 2. The number of fused-ring (bicyclic) bond motifs is 10. The topological polar surface area (TPSA) is 112 Å². The van der Waals surface area contributed by atoms with Crippen molar-refractivity contribution in [2.24, 2.45) is 5.73 Å². The van der Waals surface area contributed by atoms with Crippen LogP contribution in [0.25, 0.3) is 43.6 Å². The smallest absolute Gasteiger partial charge is 0.328 e. The summed E-state index contributed by atoms with van der Waals surface area (Å²) in [7, 11) is 0. The minimum absolute atomic E-state index is 0.121. The summed E-state index contributed by atoms with van der Waals surface area (Å²) in [5.41, 5.74) is 8.01. The van der Waals surface area contributed by atoms with Gasteiger partial charge in [0.1, 0.15) is 0 Å². The number of imide groups is 3. The zero-order valence-electron chi connectivity index (χ0n) is 15.0. The minimum Gasteiger partial charge on any atom is -0.352 e. The van der Waals surface area contributed by atoms with E-state index in [9.17, 15) is 14.4 Å². The van der Waals surface area contributed by atoms with Crippen molar-refractivity contribution >= 4 is 84.7 Å². The van der Waals surface area contributed by atoms with E-state index in [1.54, 1.807) is 36.4 Å². The Bertz CT molecular complexity index is 1530. The number of carbonyl (C=O) groups is 3. The van der Waals surface area contributed by atoms with E-state index in [4.69, 9.17) is 28.9 Å². The molecule has 3 aromatic carbocycles. The highest BCUT2D eigenvalue weighted by molar-refractivity contribution is 6.44. The summed E-state index contributed by atoms with van der Waals surface area (Å²) >= 11 is 12.8. The van der Waals surface area contributed by atoms with Crippen LogP contribution in [0.2, 0.25) is 10.0 Å². The third kappa shape index (κ3) is 1.89. The zero-order valence-corrected chi connectivity index (χ0v) is 16.5. The average molecular weight is 437 g/mol. The number of nitrogens with zero attached hydrogens (tertiary/aromatic N) is 1. The molecule has 146 valence electrons. The second-order valence-corrected chi connectivity index (χ2v) is 7.92. The lowest BCUT2D eigenvalue weighted by Crippen LogP contribution is -2.40. The molecular weight excluding hydrogens is 427 g/mol. The van der Waals surface area contributed by atoms with Gasteiger partial charge in [-0.05, 0) is 12.1 Å². The number of primary amides is 1. The van der Waals surface area contributed by atoms with Gasteiger partial charge in [-0.15, -0.1) is 0 Å². The maximum atomic E-state index is 13.2. The first-order valence-electron chi connectivity index (χ1n) is 8.94. The third-order valence-electron chi connectivity index (χ3n) is 5.62. The largest absolute Gasteiger partial charge is 0.352 e. The van der Waals surface area contributed by atoms with Crippen LogP contribution in [-0.2, 0) is 0 Å². The molecule has 9 heteroatoms. The van der Waals surface area contributed by atoms with Crippen molar-refractivity contribution in [3.8, 4) is 0 Å². The highest BCUT2D eigenvalue weighted by Crippen LogP contribution is 2.45. The number of aromatic amines is 2. The number of urea groups is 1. The molecule has 0 saturated carbocycles. The lowest BCUT2D eigenvalue weighted by Gasteiger charge is -2.06. The summed E-state index contributed by atoms with van der Waals surface area (Å²) < 4.78 is 0. The zero-order chi connectivity index (χ0) is 20.9. The Labute approximate surface area is 177 Å². The molecule has 7 nitrogen and oxygen atoms in total. The molecule has 0 spiro atoms. The van der Waals surface area contributed by atoms with Crippen LogP contribution in [0.5, 0.6) is 0 Å². The predicted molar refractivity (Wildman–Crippen MR) is 115 cm³/mol. The summed E-state index contributed by atoms with van der Waals surface area (Å²) in [5.74, 6) is -1.52. The highest BCUT2D eigenvalue weighted by atomic mass is 35.5. The number of hydrogen-bond acceptors (Lipinski definition) is 3. The molecule has 30 heavy (non-hydrogen) atoms. The monoisotopic (exact) mass is 436 g/mol. The Morgan fingerprint density at radius 2 is 1.20 bits per heavy atom. The van der Waals surface area contributed by atoms with Gasteiger partial charge in [-0.3, -0.25) is 9.59 Å². The molecule has 5 aromatic rings. The normalized spacial score (nSPS) is 14.0. The number of amides is 4. The molecular formula is C21H10Cl2N4O3. The lowest BCUT2D eigenvalue weighted by atomic mass is 9.97. The number of halogens is 2. The molecule has 4 N–H and O–H groups in total. The van der Waals surface area contributed by atoms with E-state index in [1.807, 2.05) is 0 Å². The molecule has 0 fully saturated rings. The molecule has 1 aliphatic rings. The molecule has 6 rings (SSSR count). The van der Waals surface area contributed by atoms with E-state index in [1.165, 1.54) is 0 Å². The van der Waals surface area contributed by atoms with Crippen LogP contribution in [0, 0.1) is 0 Å². The van der Waals surface area contributed by atoms with Crippen LogP contribution in [-0.4, -0.2) is 32.7 Å². The summed E-state index contributed by atoms with van der Waals surface area (Å²) in [6, 6.07) is 9.42. The van der Waals surface area contributed by atoms with Gasteiger partial charge < -0.3 is 15.7 Å². The van der Waals surface area contributed by atoms with Gasteiger partial charge in [0, 0.05) is 21.5 Å². The quantitative estimate of drug-likeness (QED) is 0.299. The Balaban J connectivity index is 1.97. The van der Waals surface area contributed by atoms with Gasteiger partial charge in [-0.1, -0.05) is 47.5 Å². The molecule has 0 bridgehead atoms. The van der Waals surface area contributed by atoms with Crippen LogP contribution < -0.4 is 5.73 Å². The fraction of sp³-hybridized carbons (Fsp3) is 0. The van der Waals surface area contributed by atoms with Gasteiger partial charge in [0.05, 0.1) is 43.2 Å². The standard InChI is InChI=1S/C21H10Cl2N4O3/c22-9-5-1-3-7-11-13-14(20(29)27(19(13)28)21(24)30)12-8-4-2-6-10(23)16(8)26-18(12)17(11)25-15(7)9/h1-6,25-26H,(H2,24,30). The van der Waals surface area contributed by atoms with Crippen molar-refractivity contribution in [1.82, 2.24) is 14.9 Å². The van der Waals surface area contributed by atoms with E-state index in [-0.39, 0.29) is 11.1 Å². The van der Waals surface area contributed by atoms with Crippen molar-refractivity contribution in [1.29, 1.82) is 0 Å². The maximum absolute atomic E-state index is 13.2. The fourth-order valence-electron chi connectivity index (χ4n) is 4.45. The van der Waals surface area contributed by atoms with Gasteiger partial charge in [0.2, 0.25) is 0 Å². The van der Waals surface area contributed by atoms with Gasteiger partial charge in [0.25, 0.3) is 11.8 Å². The number of benzene rings is 3. The Hall–Kier alpha value is -3.55. The van der Waals surface area contributed by atoms with E-state index >= 15 is 0 Å². The number of carbonyl (C=O) groups excluding carboxylic acids is 3. The van der Waals surface area contributed by atoms with Crippen LogP contribution >= 0.6 is 23.2 Å². The summed E-state index contributed by atoms with van der Waals surface area (Å²) in [4.78, 5) is 45.3. The second kappa shape index (κ2) is 5.53. The van der Waals surface area contributed by atoms with Crippen LogP contribution in [0.4, 0.5) is 4.79 Å². The SMILES string of the molecule is NC(=O)N1C(=O)c2c(c3c4cccc(Cl)c4[nH]c3c3[nH]c4c(Cl)cccc4c23)C1=O. The van der Waals surface area contributed by atoms with Gasteiger partial charge in [0.15, 0.2) is 0 Å². The summed E-state index contributed by atoms with van der Waals surface area (Å²) in [6.07, 6.45) is 0. The number of nitrogens with one attached hydrogen (secondary N) is 2. The number of H-pyrrole nitrogens is 2. The van der Waals surface area contributed by atoms with Crippen LogP contribution in [0.1, 0.15) is 20.7 Å². The van der Waals surface area contributed by atoms with Crippen molar-refractivity contribution < 1.29 is 14.4 Å². The van der Waals surface area contributed by atoms with Crippen molar-refractivity contribution in [3.05, 3.63) is 57.6 Å². The first kappa shape index (κ1) is 17.3. The second-order valence-electron chi connectivity index (χ2n) is 7.11. The molecule has 3 heterocycles. The highest BCUT2D eigenvalue weighted by Gasteiger charge is 2.43. The van der Waals surface area contributed by atoms with Crippen LogP contribution in [0.3, 0.4) is 0 Å². The Morgan fingerprint density at radius 1 is 0.767 bits per heavy atom. The molecule has 0 aliphatic carbocycles. The molecule has 0 radical (unpaired) electrons. The van der Waals surface area contributed by atoms with Crippen molar-refractivity contribution in [2.75, 3.05) is 0 Å². The molecule has 4 amide bonds. The summed E-state index contributed by atoms with van der Waals surface area (Å²) in [6.45, 7) is 0. The van der Waals surface area contributed by atoms with E-state index in [2.05, 4.69) is 9.97 Å². The number of hydrogen-bond donors (Lipinski definition) is 3. The number of aromatic nitrogens is 2. The van der Waals surface area contributed by atoms with Gasteiger partial charge in [-0.25, -0.2) is 4.79 Å². The maximum Gasteiger partial charge on any atom is 0.328 e. The number of nitrogens with two attached hydrogens (primary N) is 1. The van der Waals surface area contributed by atoms with Crippen LogP contribution in [0.15, 0.2) is 36.4 Å². The third-order valence-corrected chi connectivity index (χ3v) is 6.25. The lowest BCUT2D eigenvalue weighted by molar-refractivity contribution is 0.0711. The van der Waals surface area contributed by atoms with Crippen molar-refractivity contribution in [3.63, 3.8) is 0 Å². The van der Waals surface area contributed by atoms with Gasteiger partial charge >= 0.3 is 6.03 Å². The molecule has 0 atom stereocenters. The van der Waals surface area contributed by atoms with E-state index in [0.717, 1.165) is 0 Å². The molecule has 2 aromatic heterocycles. The predicted octanol–water partition coefficient (Wildman–Crippen LogP) is 4.94. The summed E-state index contributed by atoms with van der Waals surface area (Å²) in [5, 5.41) is 3.24. The molecule has 0 unspecified atom stereocenters. The number of rotatable bonds is 0. The van der Waals surface area contributed by atoms with E-state index in [0.29, 0.717) is 58.6 Å². The van der Waals surface area contributed by atoms with Gasteiger partial charge in [-0.2, -0.15) is 4.90 Å². The fourth-order valence-corrected chi connectivity index (χ4v) is 4.90. The minimum atomic E-state index is -1.13. The first-order chi connectivity index (χ1) is 14.4. The molecule has 1 aliphatic heterocycles.